The number of hydrogen-bond acceptors (Lipinski definition) is 4. The second-order valence-electron chi connectivity index (χ2n) is 19.7. The van der Waals surface area contributed by atoms with Gasteiger partial charge in [-0.1, -0.05) is 113 Å². The van der Waals surface area contributed by atoms with E-state index in [0.717, 1.165) is 35.1 Å². The van der Waals surface area contributed by atoms with E-state index in [1.165, 1.54) is 93.1 Å². The first-order valence-corrected chi connectivity index (χ1v) is 24.4. The number of ether oxygens (including phenoxy) is 2. The third-order valence-electron chi connectivity index (χ3n) is 14.9. The summed E-state index contributed by atoms with van der Waals surface area (Å²) < 4.78 is 13.6. The molecule has 4 nitrogen and oxygen atoms in total. The van der Waals surface area contributed by atoms with Crippen molar-refractivity contribution in [2.45, 2.75) is 84.8 Å². The van der Waals surface area contributed by atoms with Gasteiger partial charge in [-0.05, 0) is 149 Å². The van der Waals surface area contributed by atoms with Crippen LogP contribution in [-0.2, 0) is 10.8 Å². The summed E-state index contributed by atoms with van der Waals surface area (Å²) in [6, 6.07) is 61.4. The zero-order valence-electron chi connectivity index (χ0n) is 37.2. The van der Waals surface area contributed by atoms with Gasteiger partial charge in [-0.15, -0.1) is 10.0 Å². The van der Waals surface area contributed by atoms with Crippen molar-refractivity contribution in [2.75, 3.05) is 9.71 Å². The van der Waals surface area contributed by atoms with Crippen LogP contribution in [0, 0.1) is 13.8 Å². The molecule has 0 bridgehead atoms. The van der Waals surface area contributed by atoms with Gasteiger partial charge in [0, 0.05) is 54.0 Å². The van der Waals surface area contributed by atoms with E-state index in [4.69, 9.17) is 9.47 Å². The summed E-state index contributed by atoms with van der Waals surface area (Å²) in [5.74, 6) is 2.92. The summed E-state index contributed by atoms with van der Waals surface area (Å²) in [6.45, 7) is 14.1. The fourth-order valence-corrected chi connectivity index (χ4v) is 16.0. The van der Waals surface area contributed by atoms with Crippen molar-refractivity contribution in [3.63, 3.8) is 0 Å². The number of para-hydroxylation sites is 4. The number of benzene rings is 8. The molecule has 0 aromatic heterocycles. The number of anilines is 5. The number of fused-ring (bicyclic) bond motifs is 9. The lowest BCUT2D eigenvalue weighted by molar-refractivity contribution is 0.332. The van der Waals surface area contributed by atoms with Crippen molar-refractivity contribution in [1.82, 2.24) is 0 Å². The molecule has 8 aromatic rings. The maximum atomic E-state index is 6.82. The first kappa shape index (κ1) is 37.9. The minimum Gasteiger partial charge on any atom is -0.450 e. The van der Waals surface area contributed by atoms with Crippen LogP contribution in [0.1, 0.15) is 62.8 Å². The molecule has 1 aliphatic carbocycles. The zero-order valence-corrected chi connectivity index (χ0v) is 38.0. The quantitative estimate of drug-likeness (QED) is 0.165. The lowest BCUT2D eigenvalue weighted by Gasteiger charge is -2.55. The average Bonchev–Trinajstić information content (AvgIpc) is 3.31. The van der Waals surface area contributed by atoms with Gasteiger partial charge in [-0.25, -0.2) is 0 Å². The number of rotatable bonds is 3. The lowest BCUT2D eigenvalue weighted by Crippen LogP contribution is -2.62. The predicted molar refractivity (Wildman–Crippen MR) is 265 cm³/mol. The van der Waals surface area contributed by atoms with Gasteiger partial charge in [-0.3, -0.25) is 0 Å². The summed E-state index contributed by atoms with van der Waals surface area (Å²) in [4.78, 5) is 10.6. The Morgan fingerprint density at radius 3 is 1.78 bits per heavy atom. The van der Waals surface area contributed by atoms with Gasteiger partial charge in [0.05, 0.1) is 5.69 Å². The van der Waals surface area contributed by atoms with Crippen LogP contribution in [0.5, 0.6) is 23.0 Å². The summed E-state index contributed by atoms with van der Waals surface area (Å²) in [5, 5.41) is 0. The van der Waals surface area contributed by atoms with Crippen LogP contribution in [0.25, 0.3) is 11.1 Å². The summed E-state index contributed by atoms with van der Waals surface area (Å²) in [6.07, 6.45) is 2.32. The smallest absolute Gasteiger partial charge is 0.333 e. The molecule has 0 atom stereocenters. The Hall–Kier alpha value is -6.63. The van der Waals surface area contributed by atoms with Gasteiger partial charge in [-0.2, -0.15) is 0 Å². The topological polar surface area (TPSA) is 24.9 Å². The average molecular weight is 849 g/mol. The molecule has 0 spiro atoms. The summed E-state index contributed by atoms with van der Waals surface area (Å²) >= 11 is 0. The highest BCUT2D eigenvalue weighted by molar-refractivity contribution is 8.34. The molecule has 64 heavy (non-hydrogen) atoms. The van der Waals surface area contributed by atoms with Crippen molar-refractivity contribution in [3.05, 3.63) is 186 Å². The van der Waals surface area contributed by atoms with Gasteiger partial charge in [0.1, 0.15) is 0 Å². The number of aryl methyl sites for hydroxylation is 2. The molecular formula is C58H49BN2O2S. The van der Waals surface area contributed by atoms with Gasteiger partial charge >= 0.3 is 6.85 Å². The number of nitrogens with zero attached hydrogens (tertiary/aromatic N) is 2. The van der Waals surface area contributed by atoms with E-state index in [9.17, 15) is 0 Å². The van der Waals surface area contributed by atoms with Crippen LogP contribution >= 0.6 is 10.0 Å². The van der Waals surface area contributed by atoms with Crippen LogP contribution in [0.3, 0.4) is 0 Å². The zero-order chi connectivity index (χ0) is 43.3. The second kappa shape index (κ2) is 13.2. The van der Waals surface area contributed by atoms with Crippen molar-refractivity contribution < 1.29 is 9.47 Å². The van der Waals surface area contributed by atoms with Crippen LogP contribution in [0.4, 0.5) is 28.4 Å². The second-order valence-corrected chi connectivity index (χ2v) is 22.7. The van der Waals surface area contributed by atoms with E-state index in [0.29, 0.717) is 0 Å². The molecule has 4 aliphatic heterocycles. The third-order valence-corrected chi connectivity index (χ3v) is 18.9. The molecule has 13 rings (SSSR count). The fraction of sp³-hybridized carbons (Fsp3) is 0.172. The van der Waals surface area contributed by atoms with Crippen molar-refractivity contribution >= 4 is 56.2 Å². The molecule has 4 heterocycles. The van der Waals surface area contributed by atoms with Gasteiger partial charge in [0.15, 0.2) is 23.0 Å². The SMILES string of the molecule is Cc1cc2c3c(c1)N(c1cc4c(cc1C)C(C)(C)CCC4(C)C)c1cc4c(cc1B3N1c3ccccc3S(c3ccccc3)(c3ccccc3)c3cccc-2c31)Oc1ccccc1O4. The van der Waals surface area contributed by atoms with Gasteiger partial charge < -0.3 is 19.2 Å². The molecule has 312 valence electrons. The van der Waals surface area contributed by atoms with E-state index in [-0.39, 0.29) is 17.7 Å². The van der Waals surface area contributed by atoms with Gasteiger partial charge in [0.2, 0.25) is 0 Å². The van der Waals surface area contributed by atoms with Crippen LogP contribution < -0.4 is 30.1 Å². The predicted octanol–water partition coefficient (Wildman–Crippen LogP) is 14.9. The molecule has 0 saturated heterocycles. The minimum atomic E-state index is -1.95. The normalized spacial score (nSPS) is 17.5. The molecule has 5 aliphatic rings. The van der Waals surface area contributed by atoms with Crippen LogP contribution in [-0.4, -0.2) is 6.85 Å². The highest BCUT2D eigenvalue weighted by atomic mass is 32.3. The fourth-order valence-electron chi connectivity index (χ4n) is 11.8. The monoisotopic (exact) mass is 848 g/mol. The molecule has 6 heteroatoms. The highest BCUT2D eigenvalue weighted by Crippen LogP contribution is 2.80. The van der Waals surface area contributed by atoms with E-state index in [1.54, 1.807) is 0 Å². The molecule has 8 aromatic carbocycles. The standard InChI is InChI=1S/C58H49BN2O2S/c1-36-30-41-40-22-17-27-54-56(40)61(45-23-13-16-26-53(45)64(54,38-18-9-7-10-19-38)39-20-11-8-12-21-39)59-44-34-51-52(63-50-25-15-14-24-49(50)62-51)35-47(44)60(48(31-36)55(41)59)46-33-43-42(32-37(46)2)57(3,4)28-29-58(43,5)6/h7-27,30-35H,28-29H2,1-6H3. The first-order chi connectivity index (χ1) is 31.0. The Morgan fingerprint density at radius 1 is 0.500 bits per heavy atom. The highest BCUT2D eigenvalue weighted by Gasteiger charge is 2.52. The van der Waals surface area contributed by atoms with Crippen molar-refractivity contribution in [2.24, 2.45) is 0 Å². The Balaban J connectivity index is 1.15. The molecular weight excluding hydrogens is 800 g/mol. The van der Waals surface area contributed by atoms with Crippen LogP contribution in [0.15, 0.2) is 183 Å². The largest absolute Gasteiger partial charge is 0.450 e. The molecule has 0 amide bonds. The molecule has 0 N–H and O–H groups in total. The van der Waals surface area contributed by atoms with E-state index < -0.39 is 10.0 Å². The maximum absolute atomic E-state index is 6.82. The number of hydrogen-bond donors (Lipinski definition) is 0. The summed E-state index contributed by atoms with van der Waals surface area (Å²) in [5.41, 5.74) is 16.7. The molecule has 0 saturated carbocycles. The Kier molecular flexibility index (Phi) is 7.82. The minimum absolute atomic E-state index is 0.0379. The van der Waals surface area contributed by atoms with E-state index in [1.807, 2.05) is 24.3 Å². The lowest BCUT2D eigenvalue weighted by atomic mass is 9.43. The van der Waals surface area contributed by atoms with E-state index in [2.05, 4.69) is 191 Å². The van der Waals surface area contributed by atoms with Gasteiger partial charge in [0.25, 0.3) is 0 Å². The molecule has 0 unspecified atom stereocenters. The third kappa shape index (κ3) is 5.03. The maximum Gasteiger partial charge on any atom is 0.333 e. The Morgan fingerprint density at radius 2 is 1.09 bits per heavy atom. The summed E-state index contributed by atoms with van der Waals surface area (Å²) in [7, 11) is -1.95. The molecule has 0 fully saturated rings. The van der Waals surface area contributed by atoms with E-state index >= 15 is 0 Å². The first-order valence-electron chi connectivity index (χ1n) is 22.7. The Bertz CT molecular complexity index is 3250. The van der Waals surface area contributed by atoms with Crippen molar-refractivity contribution in [3.8, 4) is 34.1 Å². The Labute approximate surface area is 378 Å². The van der Waals surface area contributed by atoms with Crippen molar-refractivity contribution in [1.29, 1.82) is 0 Å². The van der Waals surface area contributed by atoms with Crippen LogP contribution in [0.2, 0.25) is 0 Å². The molecule has 0 radical (unpaired) electrons.